The van der Waals surface area contributed by atoms with Crippen molar-refractivity contribution in [1.29, 1.82) is 0 Å². The van der Waals surface area contributed by atoms with Crippen LogP contribution in [0.3, 0.4) is 0 Å². The molecule has 37 heavy (non-hydrogen) atoms. The van der Waals surface area contributed by atoms with E-state index in [1.54, 1.807) is 0 Å². The summed E-state index contributed by atoms with van der Waals surface area (Å²) < 4.78 is 34.0. The molecular weight excluding hydrogens is 619 g/mol. The molecule has 1 heterocycles. The van der Waals surface area contributed by atoms with Crippen molar-refractivity contribution in [3.63, 3.8) is 0 Å². The first-order valence-electron chi connectivity index (χ1n) is 13.6. The summed E-state index contributed by atoms with van der Waals surface area (Å²) in [6, 6.07) is 9.39. The number of benzene rings is 1. The summed E-state index contributed by atoms with van der Waals surface area (Å²) in [7, 11) is -1.46. The number of rotatable bonds is 19. The van der Waals surface area contributed by atoms with E-state index < -0.39 is 10.0 Å². The molecule has 0 saturated carbocycles. The number of pyridine rings is 1. The van der Waals surface area contributed by atoms with Gasteiger partial charge < -0.3 is 28.7 Å². The average Bonchev–Trinajstić information content (AvgIpc) is 2.82. The lowest BCUT2D eigenvalue weighted by Gasteiger charge is -2.20. The van der Waals surface area contributed by atoms with E-state index in [2.05, 4.69) is 6.92 Å². The van der Waals surface area contributed by atoms with Gasteiger partial charge in [0.2, 0.25) is 10.0 Å². The van der Waals surface area contributed by atoms with Crippen molar-refractivity contribution in [2.45, 2.75) is 97.1 Å². The van der Waals surface area contributed by atoms with Crippen LogP contribution in [0.2, 0.25) is 5.02 Å². The van der Waals surface area contributed by atoms with Gasteiger partial charge in [0, 0.05) is 24.7 Å². The Balaban J connectivity index is 0.00000684. The smallest absolute Gasteiger partial charge is 0.211 e. The van der Waals surface area contributed by atoms with Crippen LogP contribution in [0.1, 0.15) is 95.1 Å². The van der Waals surface area contributed by atoms with Crippen LogP contribution in [0.5, 0.6) is 5.75 Å². The Bertz CT molecular complexity index is 1000. The van der Waals surface area contributed by atoms with E-state index >= 15 is 0 Å². The predicted octanol–water partition coefficient (Wildman–Crippen LogP) is 4.21. The molecule has 8 heteroatoms. The van der Waals surface area contributed by atoms with Crippen molar-refractivity contribution in [1.82, 2.24) is 4.31 Å². The van der Waals surface area contributed by atoms with Gasteiger partial charge in [0.1, 0.15) is 12.8 Å². The van der Waals surface area contributed by atoms with Gasteiger partial charge in [0.25, 0.3) is 0 Å². The molecule has 0 radical (unpaired) electrons. The third-order valence-corrected chi connectivity index (χ3v) is 7.93. The maximum Gasteiger partial charge on any atom is 0.211 e. The van der Waals surface area contributed by atoms with Crippen LogP contribution in [0, 0.1) is 0 Å². The van der Waals surface area contributed by atoms with Crippen molar-refractivity contribution in [3.8, 4) is 5.75 Å². The first-order valence-corrected chi connectivity index (χ1v) is 15.8. The van der Waals surface area contributed by atoms with Gasteiger partial charge in [-0.1, -0.05) is 95.2 Å². The largest absolute Gasteiger partial charge is 1.00 e. The van der Waals surface area contributed by atoms with Gasteiger partial charge in [-0.3, -0.25) is 0 Å². The molecule has 0 aliphatic rings. The van der Waals surface area contributed by atoms with E-state index in [0.717, 1.165) is 17.5 Å². The molecule has 0 saturated heterocycles. The maximum absolute atomic E-state index is 12.4. The molecule has 0 unspecified atom stereocenters. The van der Waals surface area contributed by atoms with Crippen molar-refractivity contribution in [2.24, 2.45) is 7.05 Å². The molecule has 0 amide bonds. The second-order valence-electron chi connectivity index (χ2n) is 9.91. The summed E-state index contributed by atoms with van der Waals surface area (Å²) in [5, 5.41) is 0.519. The molecular formula is C29H46ClIN2O3S. The minimum Gasteiger partial charge on any atom is -1.00 e. The zero-order valence-corrected chi connectivity index (χ0v) is 26.7. The molecule has 1 aromatic carbocycles. The van der Waals surface area contributed by atoms with E-state index in [9.17, 15) is 8.42 Å². The molecule has 0 atom stereocenters. The first-order chi connectivity index (χ1) is 17.3. The van der Waals surface area contributed by atoms with Crippen molar-refractivity contribution in [3.05, 3.63) is 58.9 Å². The van der Waals surface area contributed by atoms with Crippen molar-refractivity contribution in [2.75, 3.05) is 12.9 Å². The molecule has 0 spiro atoms. The average molecular weight is 665 g/mol. The van der Waals surface area contributed by atoms with Crippen LogP contribution >= 0.6 is 11.6 Å². The summed E-state index contributed by atoms with van der Waals surface area (Å²) >= 11 is 6.46. The zero-order chi connectivity index (χ0) is 26.2. The number of halogens is 2. The predicted molar refractivity (Wildman–Crippen MR) is 150 cm³/mol. The van der Waals surface area contributed by atoms with E-state index in [-0.39, 0.29) is 30.5 Å². The maximum atomic E-state index is 12.4. The molecule has 5 nitrogen and oxygen atoms in total. The fourth-order valence-electron chi connectivity index (χ4n) is 4.33. The highest BCUT2D eigenvalue weighted by molar-refractivity contribution is 7.88. The topological polar surface area (TPSA) is 50.5 Å². The quantitative estimate of drug-likeness (QED) is 0.129. The minimum absolute atomic E-state index is 0. The van der Waals surface area contributed by atoms with Crippen LogP contribution < -0.4 is 33.3 Å². The van der Waals surface area contributed by atoms with Crippen LogP contribution in [0.4, 0.5) is 0 Å². The van der Waals surface area contributed by atoms with E-state index in [1.165, 1.54) is 81.2 Å². The summed E-state index contributed by atoms with van der Waals surface area (Å²) in [5.74, 6) is 0.657. The first kappa shape index (κ1) is 34.1. The summed E-state index contributed by atoms with van der Waals surface area (Å²) in [6.45, 7) is 3.48. The van der Waals surface area contributed by atoms with E-state index in [1.807, 2.05) is 54.3 Å². The highest BCUT2D eigenvalue weighted by Crippen LogP contribution is 2.27. The number of hydrogen-bond acceptors (Lipinski definition) is 3. The Morgan fingerprint density at radius 1 is 0.865 bits per heavy atom. The van der Waals surface area contributed by atoms with Gasteiger partial charge in [-0.15, -0.1) is 0 Å². The van der Waals surface area contributed by atoms with Crippen LogP contribution in [-0.4, -0.2) is 25.6 Å². The number of aromatic nitrogens is 1. The molecule has 0 fully saturated rings. The van der Waals surface area contributed by atoms with Gasteiger partial charge in [-0.25, -0.2) is 13.0 Å². The monoisotopic (exact) mass is 664 g/mol. The number of ether oxygens (including phenoxy) is 1. The molecule has 1 aromatic heterocycles. The van der Waals surface area contributed by atoms with Gasteiger partial charge >= 0.3 is 0 Å². The van der Waals surface area contributed by atoms with Gasteiger partial charge in [-0.05, 0) is 30.2 Å². The van der Waals surface area contributed by atoms with Gasteiger partial charge in [0.05, 0.1) is 17.9 Å². The molecule has 0 N–H and O–H groups in total. The minimum atomic E-state index is -3.38. The van der Waals surface area contributed by atoms with Crippen molar-refractivity contribution < 1.29 is 41.7 Å². The second kappa shape index (κ2) is 19.2. The summed E-state index contributed by atoms with van der Waals surface area (Å²) in [4.78, 5) is 0. The molecule has 0 bridgehead atoms. The third kappa shape index (κ3) is 14.7. The molecule has 0 aliphatic heterocycles. The SMILES string of the molecule is CCCCCCCCCCCCCCOc1ccc(CN(Cc2ccc[n+](C)c2)S(C)(=O)=O)cc1Cl.[I-]. The van der Waals surface area contributed by atoms with Crippen LogP contribution in [0.25, 0.3) is 0 Å². The molecule has 2 aromatic rings. The number of nitrogens with zero attached hydrogens (tertiary/aromatic N) is 2. The molecule has 210 valence electrons. The third-order valence-electron chi connectivity index (χ3n) is 6.44. The van der Waals surface area contributed by atoms with Crippen molar-refractivity contribution >= 4 is 21.6 Å². The normalized spacial score (nSPS) is 11.5. The van der Waals surface area contributed by atoms with Crippen LogP contribution in [-0.2, 0) is 30.2 Å². The Hall–Kier alpha value is -0.900. The number of hydrogen-bond donors (Lipinski definition) is 0. The highest BCUT2D eigenvalue weighted by Gasteiger charge is 2.19. The fraction of sp³-hybridized carbons (Fsp3) is 0.621. The lowest BCUT2D eigenvalue weighted by Crippen LogP contribution is -3.00. The van der Waals surface area contributed by atoms with Gasteiger partial charge in [-0.2, -0.15) is 4.31 Å². The Kier molecular flexibility index (Phi) is 17.7. The van der Waals surface area contributed by atoms with Crippen LogP contribution in [0.15, 0.2) is 42.7 Å². The molecule has 0 aliphatic carbocycles. The lowest BCUT2D eigenvalue weighted by molar-refractivity contribution is -0.672. The Labute approximate surface area is 248 Å². The number of sulfonamides is 1. The second-order valence-corrected chi connectivity index (χ2v) is 12.3. The fourth-order valence-corrected chi connectivity index (χ4v) is 5.35. The zero-order valence-electron chi connectivity index (χ0n) is 22.9. The summed E-state index contributed by atoms with van der Waals surface area (Å²) in [6.07, 6.45) is 20.8. The Morgan fingerprint density at radius 3 is 1.97 bits per heavy atom. The standard InChI is InChI=1S/C29H46ClN2O3S.HI/c1-4-5-6-7-8-9-10-11-12-13-14-15-21-35-29-19-18-26(22-28(29)30)24-32(36(3,33)34)25-27-17-16-20-31(2)23-27;/h16-20,22-23H,4-15,21,24-25H2,1-3H3;1H/q+1;/p-1. The summed E-state index contributed by atoms with van der Waals surface area (Å²) in [5.41, 5.74) is 1.77. The van der Waals surface area contributed by atoms with E-state index in [4.69, 9.17) is 16.3 Å². The number of aryl methyl sites for hydroxylation is 1. The number of unbranched alkanes of at least 4 members (excludes halogenated alkanes) is 11. The lowest BCUT2D eigenvalue weighted by atomic mass is 10.1. The van der Waals surface area contributed by atoms with Gasteiger partial charge in [0.15, 0.2) is 12.4 Å². The molecule has 2 rings (SSSR count). The highest BCUT2D eigenvalue weighted by atomic mass is 127. The Morgan fingerprint density at radius 2 is 1.43 bits per heavy atom. The van der Waals surface area contributed by atoms with E-state index in [0.29, 0.717) is 23.9 Å².